The van der Waals surface area contributed by atoms with Gasteiger partial charge in [-0.3, -0.25) is 5.10 Å². The van der Waals surface area contributed by atoms with Crippen molar-refractivity contribution in [3.8, 4) is 22.8 Å². The molecule has 19 heavy (non-hydrogen) atoms. The molecule has 0 aliphatic rings. The second-order valence-electron chi connectivity index (χ2n) is 4.41. The zero-order chi connectivity index (χ0) is 13.2. The Labute approximate surface area is 111 Å². The van der Waals surface area contributed by atoms with E-state index in [1.807, 2.05) is 55.5 Å². The molecule has 3 aromatic rings. The third kappa shape index (κ3) is 2.08. The van der Waals surface area contributed by atoms with Crippen LogP contribution in [0.2, 0.25) is 0 Å². The summed E-state index contributed by atoms with van der Waals surface area (Å²) < 4.78 is 0. The molecule has 0 bridgehead atoms. The minimum Gasteiger partial charge on any atom is -0.398 e. The lowest BCUT2D eigenvalue weighted by Crippen LogP contribution is -1.94. The molecule has 2 aromatic carbocycles. The first-order chi connectivity index (χ1) is 9.25. The standard InChI is InChI=1S/C15H14N4/c1-10-6-5-9-12(13(10)16)15-17-14(18-19-15)11-7-3-2-4-8-11/h2-9H,16H2,1H3,(H,17,18,19). The predicted octanol–water partition coefficient (Wildman–Crippen LogP) is 3.03. The minimum absolute atomic E-state index is 0.677. The maximum Gasteiger partial charge on any atom is 0.181 e. The van der Waals surface area contributed by atoms with E-state index in [2.05, 4.69) is 15.2 Å². The van der Waals surface area contributed by atoms with Crippen molar-refractivity contribution in [3.05, 3.63) is 54.1 Å². The van der Waals surface area contributed by atoms with Crippen LogP contribution in [0.25, 0.3) is 22.8 Å². The van der Waals surface area contributed by atoms with Gasteiger partial charge in [0.15, 0.2) is 11.6 Å². The van der Waals surface area contributed by atoms with Crippen molar-refractivity contribution < 1.29 is 0 Å². The summed E-state index contributed by atoms with van der Waals surface area (Å²) in [6, 6.07) is 15.7. The van der Waals surface area contributed by atoms with E-state index in [4.69, 9.17) is 5.73 Å². The van der Waals surface area contributed by atoms with Gasteiger partial charge in [-0.05, 0) is 18.6 Å². The highest BCUT2D eigenvalue weighted by Crippen LogP contribution is 2.26. The van der Waals surface area contributed by atoms with E-state index < -0.39 is 0 Å². The number of aromatic amines is 1. The SMILES string of the molecule is Cc1cccc(-c2nc(-c3ccccc3)n[nH]2)c1N. The molecule has 0 saturated heterocycles. The first kappa shape index (κ1) is 11.5. The lowest BCUT2D eigenvalue weighted by molar-refractivity contribution is 1.10. The highest BCUT2D eigenvalue weighted by molar-refractivity contribution is 5.75. The summed E-state index contributed by atoms with van der Waals surface area (Å²) in [5.74, 6) is 1.37. The molecule has 0 radical (unpaired) electrons. The van der Waals surface area contributed by atoms with Crippen LogP contribution in [-0.4, -0.2) is 15.2 Å². The third-order valence-electron chi connectivity index (χ3n) is 3.10. The van der Waals surface area contributed by atoms with E-state index in [1.54, 1.807) is 0 Å². The third-order valence-corrected chi connectivity index (χ3v) is 3.10. The number of aryl methyl sites for hydroxylation is 1. The van der Waals surface area contributed by atoms with Gasteiger partial charge in [-0.15, -0.1) is 0 Å². The Bertz CT molecular complexity index is 701. The number of aromatic nitrogens is 3. The maximum absolute atomic E-state index is 6.07. The largest absolute Gasteiger partial charge is 0.398 e. The molecule has 0 amide bonds. The Hall–Kier alpha value is -2.62. The monoisotopic (exact) mass is 250 g/mol. The lowest BCUT2D eigenvalue weighted by Gasteiger charge is -2.04. The molecule has 0 atom stereocenters. The second-order valence-corrected chi connectivity index (χ2v) is 4.41. The first-order valence-corrected chi connectivity index (χ1v) is 6.09. The van der Waals surface area contributed by atoms with Gasteiger partial charge >= 0.3 is 0 Å². The van der Waals surface area contributed by atoms with E-state index in [9.17, 15) is 0 Å². The van der Waals surface area contributed by atoms with Gasteiger partial charge in [0.2, 0.25) is 0 Å². The molecule has 3 N–H and O–H groups in total. The molecule has 0 aliphatic carbocycles. The Morgan fingerprint density at radius 1 is 1.00 bits per heavy atom. The van der Waals surface area contributed by atoms with Crippen LogP contribution in [0.5, 0.6) is 0 Å². The van der Waals surface area contributed by atoms with Crippen LogP contribution in [0.1, 0.15) is 5.56 Å². The average Bonchev–Trinajstić information content (AvgIpc) is 2.92. The molecular formula is C15H14N4. The number of H-pyrrole nitrogens is 1. The highest BCUT2D eigenvalue weighted by atomic mass is 15.2. The highest BCUT2D eigenvalue weighted by Gasteiger charge is 2.10. The maximum atomic E-state index is 6.07. The van der Waals surface area contributed by atoms with Gasteiger partial charge in [-0.1, -0.05) is 42.5 Å². The summed E-state index contributed by atoms with van der Waals surface area (Å²) in [7, 11) is 0. The van der Waals surface area contributed by atoms with E-state index in [-0.39, 0.29) is 0 Å². The number of hydrogen-bond donors (Lipinski definition) is 2. The molecular weight excluding hydrogens is 236 g/mol. The van der Waals surface area contributed by atoms with Crippen LogP contribution < -0.4 is 5.73 Å². The van der Waals surface area contributed by atoms with Crippen molar-refractivity contribution in [1.29, 1.82) is 0 Å². The van der Waals surface area contributed by atoms with Gasteiger partial charge in [0, 0.05) is 16.8 Å². The molecule has 0 fully saturated rings. The molecule has 0 aliphatic heterocycles. The molecule has 1 aromatic heterocycles. The van der Waals surface area contributed by atoms with Crippen molar-refractivity contribution in [2.24, 2.45) is 0 Å². The molecule has 4 heteroatoms. The summed E-state index contributed by atoms with van der Waals surface area (Å²) in [6.07, 6.45) is 0. The van der Waals surface area contributed by atoms with Crippen LogP contribution >= 0.6 is 0 Å². The Morgan fingerprint density at radius 2 is 1.79 bits per heavy atom. The Balaban J connectivity index is 2.05. The van der Waals surface area contributed by atoms with Crippen molar-refractivity contribution >= 4 is 5.69 Å². The lowest BCUT2D eigenvalue weighted by atomic mass is 10.1. The summed E-state index contributed by atoms with van der Waals surface area (Å²) in [4.78, 5) is 4.51. The summed E-state index contributed by atoms with van der Waals surface area (Å²) in [5.41, 5.74) is 9.71. The molecule has 1 heterocycles. The zero-order valence-electron chi connectivity index (χ0n) is 10.6. The summed E-state index contributed by atoms with van der Waals surface area (Å²) in [5, 5.41) is 7.19. The Kier molecular flexibility index (Phi) is 2.76. The topological polar surface area (TPSA) is 67.6 Å². The average molecular weight is 250 g/mol. The summed E-state index contributed by atoms with van der Waals surface area (Å²) in [6.45, 7) is 1.98. The van der Waals surface area contributed by atoms with Crippen LogP contribution in [0.15, 0.2) is 48.5 Å². The number of nitrogen functional groups attached to an aromatic ring is 1. The van der Waals surface area contributed by atoms with E-state index in [1.165, 1.54) is 0 Å². The van der Waals surface area contributed by atoms with E-state index >= 15 is 0 Å². The number of benzene rings is 2. The van der Waals surface area contributed by atoms with Crippen LogP contribution in [0, 0.1) is 6.92 Å². The smallest absolute Gasteiger partial charge is 0.181 e. The normalized spacial score (nSPS) is 10.6. The molecule has 94 valence electrons. The number of rotatable bonds is 2. The second kappa shape index (κ2) is 4.57. The number of anilines is 1. The number of para-hydroxylation sites is 1. The molecule has 4 nitrogen and oxygen atoms in total. The van der Waals surface area contributed by atoms with Crippen LogP contribution in [-0.2, 0) is 0 Å². The van der Waals surface area contributed by atoms with Gasteiger partial charge < -0.3 is 5.73 Å². The molecule has 0 spiro atoms. The van der Waals surface area contributed by atoms with Gasteiger partial charge in [-0.25, -0.2) is 4.98 Å². The van der Waals surface area contributed by atoms with Crippen LogP contribution in [0.3, 0.4) is 0 Å². The predicted molar refractivity (Wildman–Crippen MR) is 76.4 cm³/mol. The van der Waals surface area contributed by atoms with Gasteiger partial charge in [0.25, 0.3) is 0 Å². The molecule has 3 rings (SSSR count). The van der Waals surface area contributed by atoms with Crippen molar-refractivity contribution in [2.45, 2.75) is 6.92 Å². The fourth-order valence-electron chi connectivity index (χ4n) is 1.99. The quantitative estimate of drug-likeness (QED) is 0.687. The molecule has 0 unspecified atom stereocenters. The number of nitrogens with one attached hydrogen (secondary N) is 1. The fraction of sp³-hybridized carbons (Fsp3) is 0.0667. The first-order valence-electron chi connectivity index (χ1n) is 6.09. The van der Waals surface area contributed by atoms with Crippen molar-refractivity contribution in [3.63, 3.8) is 0 Å². The Morgan fingerprint density at radius 3 is 2.58 bits per heavy atom. The van der Waals surface area contributed by atoms with Crippen molar-refractivity contribution in [1.82, 2.24) is 15.2 Å². The van der Waals surface area contributed by atoms with Crippen LogP contribution in [0.4, 0.5) is 5.69 Å². The number of nitrogens with zero attached hydrogens (tertiary/aromatic N) is 2. The van der Waals surface area contributed by atoms with Gasteiger partial charge in [0.05, 0.1) is 0 Å². The van der Waals surface area contributed by atoms with Gasteiger partial charge in [-0.2, -0.15) is 5.10 Å². The zero-order valence-corrected chi connectivity index (χ0v) is 10.6. The minimum atomic E-state index is 0.677. The van der Waals surface area contributed by atoms with E-state index in [0.717, 1.165) is 22.4 Å². The number of nitrogens with two attached hydrogens (primary N) is 1. The van der Waals surface area contributed by atoms with Crippen molar-refractivity contribution in [2.75, 3.05) is 5.73 Å². The van der Waals surface area contributed by atoms with E-state index in [0.29, 0.717) is 11.6 Å². The number of hydrogen-bond acceptors (Lipinski definition) is 3. The summed E-state index contributed by atoms with van der Waals surface area (Å²) >= 11 is 0. The van der Waals surface area contributed by atoms with Gasteiger partial charge in [0.1, 0.15) is 0 Å². The molecule has 0 saturated carbocycles. The fourth-order valence-corrected chi connectivity index (χ4v) is 1.99.